The first-order valence-electron chi connectivity index (χ1n) is 9.44. The van der Waals surface area contributed by atoms with Gasteiger partial charge in [0.25, 0.3) is 0 Å². The first-order chi connectivity index (χ1) is 13.7. The van der Waals surface area contributed by atoms with E-state index in [4.69, 9.17) is 5.73 Å². The standard InChI is InChI=1S/C23H21N5/c1-14-25-22-18(13-21(24)28-23(22)26-14)20-12-17-11-16(9-10-19(17)27-20)8-7-15-5-3-2-4-6-15/h2-6,9-13,27H,7-8H2,1H3,(H3,24,25,26,28). The third-order valence-corrected chi connectivity index (χ3v) is 5.11. The number of anilines is 1. The molecule has 0 amide bonds. The van der Waals surface area contributed by atoms with Crippen molar-refractivity contribution in [2.45, 2.75) is 19.8 Å². The molecule has 5 heteroatoms. The fraction of sp³-hybridized carbons (Fsp3) is 0.130. The summed E-state index contributed by atoms with van der Waals surface area (Å²) in [6.07, 6.45) is 2.06. The summed E-state index contributed by atoms with van der Waals surface area (Å²) in [4.78, 5) is 15.6. The molecule has 0 atom stereocenters. The number of benzene rings is 2. The van der Waals surface area contributed by atoms with Crippen LogP contribution in [0.5, 0.6) is 0 Å². The number of rotatable bonds is 4. The number of hydrogen-bond donors (Lipinski definition) is 3. The number of nitrogens with one attached hydrogen (secondary N) is 2. The summed E-state index contributed by atoms with van der Waals surface area (Å²) in [6.45, 7) is 1.92. The van der Waals surface area contributed by atoms with E-state index in [1.807, 2.05) is 13.0 Å². The predicted octanol–water partition coefficient (Wildman–Crippen LogP) is 4.78. The molecule has 5 nitrogen and oxygen atoms in total. The predicted molar refractivity (Wildman–Crippen MR) is 114 cm³/mol. The summed E-state index contributed by atoms with van der Waals surface area (Å²) < 4.78 is 0. The van der Waals surface area contributed by atoms with Crippen molar-refractivity contribution in [3.05, 3.63) is 77.6 Å². The molecule has 5 rings (SSSR count). The van der Waals surface area contributed by atoms with E-state index in [1.54, 1.807) is 0 Å². The lowest BCUT2D eigenvalue weighted by Gasteiger charge is -2.02. The van der Waals surface area contributed by atoms with E-state index in [0.29, 0.717) is 5.82 Å². The van der Waals surface area contributed by atoms with Gasteiger partial charge >= 0.3 is 0 Å². The number of aromatic amines is 2. The smallest absolute Gasteiger partial charge is 0.160 e. The number of nitrogens with zero attached hydrogens (tertiary/aromatic N) is 2. The summed E-state index contributed by atoms with van der Waals surface area (Å²) in [5, 5.41) is 1.19. The highest BCUT2D eigenvalue weighted by molar-refractivity contribution is 5.95. The summed E-state index contributed by atoms with van der Waals surface area (Å²) in [5.74, 6) is 1.31. The molecule has 0 saturated heterocycles. The van der Waals surface area contributed by atoms with E-state index >= 15 is 0 Å². The molecule has 0 aliphatic rings. The normalized spacial score (nSPS) is 11.5. The van der Waals surface area contributed by atoms with Crippen LogP contribution in [-0.4, -0.2) is 19.9 Å². The van der Waals surface area contributed by atoms with Crippen LogP contribution in [0.3, 0.4) is 0 Å². The summed E-state index contributed by atoms with van der Waals surface area (Å²) in [5.41, 5.74) is 13.3. The van der Waals surface area contributed by atoms with Gasteiger partial charge in [-0.15, -0.1) is 0 Å². The number of pyridine rings is 1. The Morgan fingerprint density at radius 3 is 2.54 bits per heavy atom. The molecule has 0 unspecified atom stereocenters. The van der Waals surface area contributed by atoms with E-state index in [1.165, 1.54) is 16.5 Å². The highest BCUT2D eigenvalue weighted by Gasteiger charge is 2.13. The Labute approximate surface area is 162 Å². The van der Waals surface area contributed by atoms with Crippen LogP contribution in [0, 0.1) is 6.92 Å². The highest BCUT2D eigenvalue weighted by atomic mass is 15.0. The van der Waals surface area contributed by atoms with Crippen LogP contribution in [0.25, 0.3) is 33.3 Å². The molecule has 28 heavy (non-hydrogen) atoms. The van der Waals surface area contributed by atoms with Gasteiger partial charge in [-0.3, -0.25) is 0 Å². The number of imidazole rings is 1. The molecule has 2 aromatic carbocycles. The lowest BCUT2D eigenvalue weighted by Crippen LogP contribution is -1.92. The number of nitrogens with two attached hydrogens (primary N) is 1. The largest absolute Gasteiger partial charge is 0.384 e. The summed E-state index contributed by atoms with van der Waals surface area (Å²) in [7, 11) is 0. The summed E-state index contributed by atoms with van der Waals surface area (Å²) in [6, 6.07) is 21.2. The molecule has 0 spiro atoms. The van der Waals surface area contributed by atoms with Gasteiger partial charge in [0.2, 0.25) is 0 Å². The number of fused-ring (bicyclic) bond motifs is 2. The average molecular weight is 367 g/mol. The van der Waals surface area contributed by atoms with Crippen LogP contribution >= 0.6 is 0 Å². The molecule has 0 saturated carbocycles. The van der Waals surface area contributed by atoms with Crippen LogP contribution in [-0.2, 0) is 12.8 Å². The van der Waals surface area contributed by atoms with E-state index in [9.17, 15) is 0 Å². The van der Waals surface area contributed by atoms with Gasteiger partial charge in [0, 0.05) is 22.2 Å². The Morgan fingerprint density at radius 2 is 1.68 bits per heavy atom. The second-order valence-corrected chi connectivity index (χ2v) is 7.20. The van der Waals surface area contributed by atoms with Crippen molar-refractivity contribution in [2.24, 2.45) is 0 Å². The SMILES string of the molecule is Cc1nc2c(-c3cc4cc(CCc5ccccc5)ccc4[nH]3)cc(N)nc2[nH]1. The molecule has 3 aromatic heterocycles. The van der Waals surface area contributed by atoms with Gasteiger partial charge < -0.3 is 15.7 Å². The van der Waals surface area contributed by atoms with Crippen molar-refractivity contribution < 1.29 is 0 Å². The molecule has 0 aliphatic heterocycles. The van der Waals surface area contributed by atoms with Gasteiger partial charge in [-0.25, -0.2) is 9.97 Å². The molecule has 0 bridgehead atoms. The van der Waals surface area contributed by atoms with Gasteiger partial charge in [-0.05, 0) is 55.2 Å². The first-order valence-corrected chi connectivity index (χ1v) is 9.44. The van der Waals surface area contributed by atoms with E-state index in [2.05, 4.69) is 74.5 Å². The van der Waals surface area contributed by atoms with Gasteiger partial charge in [-0.2, -0.15) is 0 Å². The van der Waals surface area contributed by atoms with Crippen LogP contribution in [0.1, 0.15) is 17.0 Å². The second kappa shape index (κ2) is 6.53. The van der Waals surface area contributed by atoms with Crippen LogP contribution in [0.4, 0.5) is 5.82 Å². The number of aromatic nitrogens is 4. The van der Waals surface area contributed by atoms with Crippen molar-refractivity contribution in [3.8, 4) is 11.3 Å². The quantitative estimate of drug-likeness (QED) is 0.427. The van der Waals surface area contributed by atoms with Crippen molar-refractivity contribution >= 4 is 27.9 Å². The van der Waals surface area contributed by atoms with Gasteiger partial charge in [-0.1, -0.05) is 36.4 Å². The minimum atomic E-state index is 0.480. The Kier molecular flexibility index (Phi) is 3.86. The number of H-pyrrole nitrogens is 2. The van der Waals surface area contributed by atoms with Crippen molar-refractivity contribution in [3.63, 3.8) is 0 Å². The maximum atomic E-state index is 6.01. The molecule has 0 radical (unpaired) electrons. The van der Waals surface area contributed by atoms with Crippen molar-refractivity contribution in [2.75, 3.05) is 5.73 Å². The maximum absolute atomic E-state index is 6.01. The van der Waals surface area contributed by atoms with Crippen LogP contribution in [0.15, 0.2) is 60.7 Å². The molecular formula is C23H21N5. The summed E-state index contributed by atoms with van der Waals surface area (Å²) >= 11 is 0. The van der Waals surface area contributed by atoms with E-state index in [0.717, 1.165) is 46.6 Å². The zero-order chi connectivity index (χ0) is 19.1. The Morgan fingerprint density at radius 1 is 0.857 bits per heavy atom. The van der Waals surface area contributed by atoms with Crippen molar-refractivity contribution in [1.29, 1.82) is 0 Å². The Balaban J connectivity index is 1.50. The number of nitrogen functional groups attached to an aromatic ring is 1. The van der Waals surface area contributed by atoms with E-state index in [-0.39, 0.29) is 0 Å². The van der Waals surface area contributed by atoms with Crippen LogP contribution in [0.2, 0.25) is 0 Å². The van der Waals surface area contributed by atoms with Gasteiger partial charge in [0.1, 0.15) is 17.2 Å². The van der Waals surface area contributed by atoms with Gasteiger partial charge in [0.15, 0.2) is 5.65 Å². The average Bonchev–Trinajstić information content (AvgIpc) is 3.28. The monoisotopic (exact) mass is 367 g/mol. The van der Waals surface area contributed by atoms with Crippen molar-refractivity contribution in [1.82, 2.24) is 19.9 Å². The zero-order valence-corrected chi connectivity index (χ0v) is 15.7. The molecule has 138 valence electrons. The highest BCUT2D eigenvalue weighted by Crippen LogP contribution is 2.30. The minimum Gasteiger partial charge on any atom is -0.384 e. The first kappa shape index (κ1) is 16.6. The third kappa shape index (κ3) is 3.01. The zero-order valence-electron chi connectivity index (χ0n) is 15.7. The van der Waals surface area contributed by atoms with E-state index < -0.39 is 0 Å². The lowest BCUT2D eigenvalue weighted by molar-refractivity contribution is 0.962. The molecule has 3 heterocycles. The molecular weight excluding hydrogens is 346 g/mol. The molecule has 0 fully saturated rings. The maximum Gasteiger partial charge on any atom is 0.160 e. The van der Waals surface area contributed by atoms with Gasteiger partial charge in [0.05, 0.1) is 0 Å². The minimum absolute atomic E-state index is 0.480. The number of hydrogen-bond acceptors (Lipinski definition) is 3. The number of aryl methyl sites for hydroxylation is 3. The second-order valence-electron chi connectivity index (χ2n) is 7.20. The Hall–Kier alpha value is -3.60. The lowest BCUT2D eigenvalue weighted by atomic mass is 10.0. The Bertz CT molecular complexity index is 1280. The molecule has 5 aromatic rings. The fourth-order valence-electron chi connectivity index (χ4n) is 3.75. The van der Waals surface area contributed by atoms with Crippen LogP contribution < -0.4 is 5.73 Å². The third-order valence-electron chi connectivity index (χ3n) is 5.11. The topological polar surface area (TPSA) is 83.4 Å². The molecule has 4 N–H and O–H groups in total. The fourth-order valence-corrected chi connectivity index (χ4v) is 3.75. The molecule has 0 aliphatic carbocycles.